The molecule has 0 aliphatic carbocycles. The van der Waals surface area contributed by atoms with Gasteiger partial charge in [-0.2, -0.15) is 0 Å². The molecule has 3 heterocycles. The number of nitrogens with one attached hydrogen (secondary N) is 1. The van der Waals surface area contributed by atoms with Crippen molar-refractivity contribution in [2.45, 2.75) is 18.9 Å². The first-order valence-corrected chi connectivity index (χ1v) is 11.1. The van der Waals surface area contributed by atoms with Gasteiger partial charge in [-0.15, -0.1) is 10.2 Å². The molecular weight excluding hydrogens is 414 g/mol. The summed E-state index contributed by atoms with van der Waals surface area (Å²) in [6.45, 7) is 1.61. The average Bonchev–Trinajstić information content (AvgIpc) is 2.89. The molecular formula is C26H25N5O2. The SMILES string of the molecule is COc1ccccc1-c1ccc(N2CCC(NC(=O)c3ccc4ccccc4n3)CC2)nn1. The number of fused-ring (bicyclic) bond motifs is 1. The number of amides is 1. The van der Waals surface area contributed by atoms with Crippen LogP contribution < -0.4 is 15.0 Å². The molecule has 0 atom stereocenters. The normalized spacial score (nSPS) is 14.3. The number of nitrogens with zero attached hydrogens (tertiary/aromatic N) is 4. The van der Waals surface area contributed by atoms with E-state index in [9.17, 15) is 4.79 Å². The van der Waals surface area contributed by atoms with Gasteiger partial charge in [-0.3, -0.25) is 4.79 Å². The van der Waals surface area contributed by atoms with E-state index in [0.717, 1.165) is 59.7 Å². The summed E-state index contributed by atoms with van der Waals surface area (Å²) in [7, 11) is 1.65. The number of ether oxygens (including phenoxy) is 1. The van der Waals surface area contributed by atoms with Gasteiger partial charge in [-0.05, 0) is 49.2 Å². The second-order valence-electron chi connectivity index (χ2n) is 8.10. The van der Waals surface area contributed by atoms with Gasteiger partial charge in [0, 0.05) is 30.1 Å². The second kappa shape index (κ2) is 9.24. The fourth-order valence-corrected chi connectivity index (χ4v) is 4.20. The van der Waals surface area contributed by atoms with Gasteiger partial charge < -0.3 is 15.0 Å². The maximum atomic E-state index is 12.7. The van der Waals surface area contributed by atoms with E-state index in [1.165, 1.54) is 0 Å². The number of benzene rings is 2. The lowest BCUT2D eigenvalue weighted by Crippen LogP contribution is -2.45. The molecule has 0 bridgehead atoms. The number of hydrogen-bond donors (Lipinski definition) is 1. The molecule has 0 unspecified atom stereocenters. The molecule has 7 nitrogen and oxygen atoms in total. The quantitative estimate of drug-likeness (QED) is 0.504. The van der Waals surface area contributed by atoms with Gasteiger partial charge in [0.05, 0.1) is 18.3 Å². The van der Waals surface area contributed by atoms with Crippen LogP contribution in [0.1, 0.15) is 23.3 Å². The van der Waals surface area contributed by atoms with Crippen molar-refractivity contribution in [1.29, 1.82) is 0 Å². The molecule has 2 aromatic carbocycles. The summed E-state index contributed by atoms with van der Waals surface area (Å²) >= 11 is 0. The van der Waals surface area contributed by atoms with E-state index in [1.54, 1.807) is 13.2 Å². The largest absolute Gasteiger partial charge is 0.496 e. The van der Waals surface area contributed by atoms with Crippen molar-refractivity contribution in [3.63, 3.8) is 0 Å². The maximum absolute atomic E-state index is 12.7. The number of carbonyl (C=O) groups is 1. The van der Waals surface area contributed by atoms with Crippen LogP contribution in [0.25, 0.3) is 22.2 Å². The van der Waals surface area contributed by atoms with Crippen LogP contribution in [0.5, 0.6) is 5.75 Å². The van der Waals surface area contributed by atoms with Crippen LogP contribution in [0.15, 0.2) is 72.8 Å². The number of aromatic nitrogens is 3. The molecule has 2 aromatic heterocycles. The van der Waals surface area contributed by atoms with Crippen LogP contribution in [0.2, 0.25) is 0 Å². The van der Waals surface area contributed by atoms with Crippen molar-refractivity contribution in [1.82, 2.24) is 20.5 Å². The zero-order valence-corrected chi connectivity index (χ0v) is 18.4. The standard InChI is InChI=1S/C26H25N5O2/c1-33-24-9-5-3-7-20(24)22-12-13-25(30-29-22)31-16-14-19(15-17-31)27-26(32)23-11-10-18-6-2-4-8-21(18)28-23/h2-13,19H,14-17H2,1H3,(H,27,32). The van der Waals surface area contributed by atoms with Crippen LogP contribution in [-0.2, 0) is 0 Å². The number of methoxy groups -OCH3 is 1. The highest BCUT2D eigenvalue weighted by Gasteiger charge is 2.23. The lowest BCUT2D eigenvalue weighted by molar-refractivity contribution is 0.0926. The van der Waals surface area contributed by atoms with E-state index in [4.69, 9.17) is 4.74 Å². The number of para-hydroxylation sites is 2. The molecule has 1 N–H and O–H groups in total. The summed E-state index contributed by atoms with van der Waals surface area (Å²) in [5, 5.41) is 13.0. The van der Waals surface area contributed by atoms with Gasteiger partial charge >= 0.3 is 0 Å². The number of carbonyl (C=O) groups excluding carboxylic acids is 1. The third kappa shape index (κ3) is 4.48. The zero-order chi connectivity index (χ0) is 22.6. The predicted octanol–water partition coefficient (Wildman–Crippen LogP) is 4.10. The van der Waals surface area contributed by atoms with Gasteiger partial charge in [-0.25, -0.2) is 4.98 Å². The maximum Gasteiger partial charge on any atom is 0.270 e. The molecule has 7 heteroatoms. The predicted molar refractivity (Wildman–Crippen MR) is 128 cm³/mol. The summed E-state index contributed by atoms with van der Waals surface area (Å²) in [4.78, 5) is 19.4. The Morgan fingerprint density at radius 2 is 1.73 bits per heavy atom. The summed E-state index contributed by atoms with van der Waals surface area (Å²) in [5.41, 5.74) is 2.98. The Kier molecular flexibility index (Phi) is 5.85. The molecule has 166 valence electrons. The molecule has 1 amide bonds. The number of hydrogen-bond acceptors (Lipinski definition) is 6. The Morgan fingerprint density at radius 1 is 0.939 bits per heavy atom. The first kappa shape index (κ1) is 20.9. The monoisotopic (exact) mass is 439 g/mol. The van der Waals surface area contributed by atoms with Gasteiger partial charge in [0.1, 0.15) is 11.4 Å². The Hall–Kier alpha value is -4.00. The van der Waals surface area contributed by atoms with Crippen LogP contribution in [-0.4, -0.2) is 47.3 Å². The molecule has 0 radical (unpaired) electrons. The van der Waals surface area contributed by atoms with Crippen LogP contribution in [0, 0.1) is 0 Å². The van der Waals surface area contributed by atoms with E-state index >= 15 is 0 Å². The lowest BCUT2D eigenvalue weighted by Gasteiger charge is -2.32. The third-order valence-electron chi connectivity index (χ3n) is 6.02. The third-order valence-corrected chi connectivity index (χ3v) is 6.02. The summed E-state index contributed by atoms with van der Waals surface area (Å²) in [6, 6.07) is 23.4. The molecule has 0 spiro atoms. The number of anilines is 1. The number of rotatable bonds is 5. The molecule has 5 rings (SSSR count). The molecule has 1 fully saturated rings. The molecule has 33 heavy (non-hydrogen) atoms. The van der Waals surface area contributed by atoms with Gasteiger partial charge in [0.15, 0.2) is 5.82 Å². The highest BCUT2D eigenvalue weighted by molar-refractivity contribution is 5.95. The van der Waals surface area contributed by atoms with Crippen LogP contribution in [0.4, 0.5) is 5.82 Å². The molecule has 1 aliphatic rings. The number of pyridine rings is 1. The van der Waals surface area contributed by atoms with E-state index in [2.05, 4.69) is 25.4 Å². The van der Waals surface area contributed by atoms with E-state index in [0.29, 0.717) is 5.69 Å². The van der Waals surface area contributed by atoms with Crippen LogP contribution >= 0.6 is 0 Å². The van der Waals surface area contributed by atoms with E-state index in [1.807, 2.05) is 66.7 Å². The first-order valence-electron chi connectivity index (χ1n) is 11.1. The fraction of sp³-hybridized carbons (Fsp3) is 0.231. The van der Waals surface area contributed by atoms with Gasteiger partial charge in [0.25, 0.3) is 5.91 Å². The molecule has 1 aliphatic heterocycles. The molecule has 1 saturated heterocycles. The Morgan fingerprint density at radius 3 is 2.52 bits per heavy atom. The van der Waals surface area contributed by atoms with Crippen LogP contribution in [0.3, 0.4) is 0 Å². The Bertz CT molecular complexity index is 1270. The van der Waals surface area contributed by atoms with Crippen molar-refractivity contribution in [2.24, 2.45) is 0 Å². The topological polar surface area (TPSA) is 80.2 Å². The van der Waals surface area contributed by atoms with Crippen molar-refractivity contribution >= 4 is 22.6 Å². The summed E-state index contributed by atoms with van der Waals surface area (Å²) in [5.74, 6) is 1.49. The molecule has 4 aromatic rings. The molecule has 0 saturated carbocycles. The van der Waals surface area contributed by atoms with Crippen molar-refractivity contribution < 1.29 is 9.53 Å². The van der Waals surface area contributed by atoms with Crippen molar-refractivity contribution in [2.75, 3.05) is 25.1 Å². The van der Waals surface area contributed by atoms with Crippen molar-refractivity contribution in [3.8, 4) is 17.0 Å². The van der Waals surface area contributed by atoms with E-state index < -0.39 is 0 Å². The number of piperidine rings is 1. The Balaban J connectivity index is 1.19. The Labute approximate surface area is 192 Å². The first-order chi connectivity index (χ1) is 16.2. The highest BCUT2D eigenvalue weighted by atomic mass is 16.5. The fourth-order valence-electron chi connectivity index (χ4n) is 4.20. The van der Waals surface area contributed by atoms with E-state index in [-0.39, 0.29) is 11.9 Å². The minimum absolute atomic E-state index is 0.114. The van der Waals surface area contributed by atoms with Gasteiger partial charge in [0.2, 0.25) is 0 Å². The lowest BCUT2D eigenvalue weighted by atomic mass is 10.0. The summed E-state index contributed by atoms with van der Waals surface area (Å²) in [6.07, 6.45) is 1.69. The van der Waals surface area contributed by atoms with Crippen molar-refractivity contribution in [3.05, 3.63) is 78.5 Å². The zero-order valence-electron chi connectivity index (χ0n) is 18.4. The smallest absolute Gasteiger partial charge is 0.270 e. The minimum atomic E-state index is -0.125. The second-order valence-corrected chi connectivity index (χ2v) is 8.10. The van der Waals surface area contributed by atoms with Gasteiger partial charge in [-0.1, -0.05) is 36.4 Å². The average molecular weight is 440 g/mol. The summed E-state index contributed by atoms with van der Waals surface area (Å²) < 4.78 is 5.43. The highest BCUT2D eigenvalue weighted by Crippen LogP contribution is 2.28. The minimum Gasteiger partial charge on any atom is -0.496 e.